The number of benzene rings is 1. The maximum Gasteiger partial charge on any atom is 0.118 e. The van der Waals surface area contributed by atoms with Crippen LogP contribution in [0.1, 0.15) is 12.5 Å². The van der Waals surface area contributed by atoms with E-state index in [1.807, 2.05) is 31.2 Å². The Balaban J connectivity index is 2.35. The lowest BCUT2D eigenvalue weighted by molar-refractivity contribution is 0.106. The first-order chi connectivity index (χ1) is 7.26. The monoisotopic (exact) mass is 204 g/mol. The molecule has 1 atom stereocenters. The van der Waals surface area contributed by atoms with Crippen LogP contribution in [0, 0.1) is 18.3 Å². The highest BCUT2D eigenvalue weighted by molar-refractivity contribution is 5.26. The highest BCUT2D eigenvalue weighted by atomic mass is 16.5. The molecule has 0 aliphatic rings. The predicted molar refractivity (Wildman–Crippen MR) is 60.6 cm³/mol. The molecule has 1 aromatic carbocycles. The van der Waals surface area contributed by atoms with Crippen LogP contribution in [0.5, 0.6) is 5.75 Å². The van der Waals surface area contributed by atoms with E-state index in [1.54, 1.807) is 7.11 Å². The van der Waals surface area contributed by atoms with Gasteiger partial charge in [-0.15, -0.1) is 12.3 Å². The van der Waals surface area contributed by atoms with Gasteiger partial charge in [0.05, 0.1) is 20.3 Å². The fraction of sp³-hybridized carbons (Fsp3) is 0.385. The molecule has 0 unspecified atom stereocenters. The van der Waals surface area contributed by atoms with E-state index in [1.165, 1.54) is 0 Å². The minimum Gasteiger partial charge on any atom is -0.497 e. The van der Waals surface area contributed by atoms with Gasteiger partial charge in [-0.05, 0) is 24.6 Å². The zero-order valence-corrected chi connectivity index (χ0v) is 9.19. The van der Waals surface area contributed by atoms with E-state index in [-0.39, 0.29) is 5.92 Å². The standard InChI is InChI=1S/C13H16O2/c1-4-11(2)9-15-10-12-5-7-13(14-3)8-6-12/h1,5-8,11H,9-10H2,2-3H3/t11-/m1/s1. The molecule has 0 heterocycles. The van der Waals surface area contributed by atoms with Crippen LogP contribution in [0.2, 0.25) is 0 Å². The maximum atomic E-state index is 5.46. The zero-order chi connectivity index (χ0) is 11.1. The summed E-state index contributed by atoms with van der Waals surface area (Å²) in [5.74, 6) is 3.65. The van der Waals surface area contributed by atoms with Gasteiger partial charge in [0, 0.05) is 5.92 Å². The Morgan fingerprint density at radius 3 is 2.53 bits per heavy atom. The van der Waals surface area contributed by atoms with Gasteiger partial charge in [-0.25, -0.2) is 0 Å². The van der Waals surface area contributed by atoms with Crippen LogP contribution >= 0.6 is 0 Å². The summed E-state index contributed by atoms with van der Waals surface area (Å²) in [4.78, 5) is 0. The fourth-order valence-electron chi connectivity index (χ4n) is 1.12. The first-order valence-corrected chi connectivity index (χ1v) is 4.93. The Bertz CT molecular complexity index is 321. The van der Waals surface area contributed by atoms with E-state index in [2.05, 4.69) is 5.92 Å². The van der Waals surface area contributed by atoms with Crippen molar-refractivity contribution in [1.29, 1.82) is 0 Å². The molecule has 0 bridgehead atoms. The van der Waals surface area contributed by atoms with Crippen LogP contribution in [0.25, 0.3) is 0 Å². The zero-order valence-electron chi connectivity index (χ0n) is 9.19. The van der Waals surface area contributed by atoms with Gasteiger partial charge in [0.2, 0.25) is 0 Å². The van der Waals surface area contributed by atoms with E-state index in [4.69, 9.17) is 15.9 Å². The minimum absolute atomic E-state index is 0.170. The fourth-order valence-corrected chi connectivity index (χ4v) is 1.12. The van der Waals surface area contributed by atoms with Crippen molar-refractivity contribution in [2.75, 3.05) is 13.7 Å². The third kappa shape index (κ3) is 4.05. The number of hydrogen-bond acceptors (Lipinski definition) is 2. The summed E-state index contributed by atoms with van der Waals surface area (Å²) in [6.45, 7) is 3.16. The Morgan fingerprint density at radius 2 is 2.00 bits per heavy atom. The first kappa shape index (κ1) is 11.6. The number of ether oxygens (including phenoxy) is 2. The third-order valence-corrected chi connectivity index (χ3v) is 2.08. The first-order valence-electron chi connectivity index (χ1n) is 4.93. The summed E-state index contributed by atoms with van der Waals surface area (Å²) < 4.78 is 10.5. The highest BCUT2D eigenvalue weighted by Gasteiger charge is 1.98. The van der Waals surface area contributed by atoms with Crippen molar-refractivity contribution < 1.29 is 9.47 Å². The molecule has 0 aromatic heterocycles. The van der Waals surface area contributed by atoms with Gasteiger partial charge in [-0.1, -0.05) is 12.1 Å². The van der Waals surface area contributed by atoms with Crippen LogP contribution < -0.4 is 4.74 Å². The summed E-state index contributed by atoms with van der Waals surface area (Å²) in [5.41, 5.74) is 1.13. The molecule has 0 radical (unpaired) electrons. The van der Waals surface area contributed by atoms with Crippen molar-refractivity contribution in [2.45, 2.75) is 13.5 Å². The molecule has 1 aromatic rings. The second-order valence-electron chi connectivity index (χ2n) is 3.43. The second-order valence-corrected chi connectivity index (χ2v) is 3.43. The third-order valence-electron chi connectivity index (χ3n) is 2.08. The molecule has 1 rings (SSSR count). The Labute approximate surface area is 91.2 Å². The molecule has 0 fully saturated rings. The van der Waals surface area contributed by atoms with E-state index < -0.39 is 0 Å². The predicted octanol–water partition coefficient (Wildman–Crippen LogP) is 2.48. The summed E-state index contributed by atoms with van der Waals surface area (Å²) in [7, 11) is 1.65. The molecule has 0 aliphatic heterocycles. The molecule has 0 saturated carbocycles. The van der Waals surface area contributed by atoms with Crippen molar-refractivity contribution >= 4 is 0 Å². The van der Waals surface area contributed by atoms with Crippen molar-refractivity contribution in [2.24, 2.45) is 5.92 Å². The summed E-state index contributed by atoms with van der Waals surface area (Å²) in [6.07, 6.45) is 5.24. The lowest BCUT2D eigenvalue weighted by atomic mass is 10.2. The van der Waals surface area contributed by atoms with Gasteiger partial charge >= 0.3 is 0 Å². The summed E-state index contributed by atoms with van der Waals surface area (Å²) in [5, 5.41) is 0. The smallest absolute Gasteiger partial charge is 0.118 e. The molecular formula is C13H16O2. The molecule has 80 valence electrons. The molecule has 0 saturated heterocycles. The molecule has 0 amide bonds. The SMILES string of the molecule is C#C[C@@H](C)COCc1ccc(OC)cc1. The second kappa shape index (κ2) is 6.10. The van der Waals surface area contributed by atoms with Gasteiger partial charge < -0.3 is 9.47 Å². The maximum absolute atomic E-state index is 5.46. The van der Waals surface area contributed by atoms with E-state index in [0.717, 1.165) is 11.3 Å². The van der Waals surface area contributed by atoms with E-state index >= 15 is 0 Å². The lowest BCUT2D eigenvalue weighted by Crippen LogP contribution is -2.03. The molecule has 0 spiro atoms. The number of rotatable bonds is 5. The average molecular weight is 204 g/mol. The van der Waals surface area contributed by atoms with E-state index in [9.17, 15) is 0 Å². The van der Waals surface area contributed by atoms with Gasteiger partial charge in [0.15, 0.2) is 0 Å². The Morgan fingerprint density at radius 1 is 1.33 bits per heavy atom. The van der Waals surface area contributed by atoms with Crippen LogP contribution in [-0.4, -0.2) is 13.7 Å². The molecule has 0 N–H and O–H groups in total. The molecule has 2 heteroatoms. The summed E-state index contributed by atoms with van der Waals surface area (Å²) >= 11 is 0. The van der Waals surface area contributed by atoms with Crippen molar-refractivity contribution in [3.63, 3.8) is 0 Å². The number of hydrogen-bond donors (Lipinski definition) is 0. The number of terminal acetylenes is 1. The minimum atomic E-state index is 0.170. The quantitative estimate of drug-likeness (QED) is 0.686. The van der Waals surface area contributed by atoms with Gasteiger partial charge in [-0.3, -0.25) is 0 Å². The lowest BCUT2D eigenvalue weighted by Gasteiger charge is -2.06. The van der Waals surface area contributed by atoms with Gasteiger partial charge in [0.1, 0.15) is 5.75 Å². The highest BCUT2D eigenvalue weighted by Crippen LogP contribution is 2.12. The van der Waals surface area contributed by atoms with Crippen LogP contribution in [0.3, 0.4) is 0 Å². The van der Waals surface area contributed by atoms with E-state index in [0.29, 0.717) is 13.2 Å². The Kier molecular flexibility index (Phi) is 4.73. The van der Waals surface area contributed by atoms with Crippen molar-refractivity contribution in [1.82, 2.24) is 0 Å². The molecule has 0 aliphatic carbocycles. The van der Waals surface area contributed by atoms with Gasteiger partial charge in [0.25, 0.3) is 0 Å². The number of methoxy groups -OCH3 is 1. The van der Waals surface area contributed by atoms with Gasteiger partial charge in [-0.2, -0.15) is 0 Å². The topological polar surface area (TPSA) is 18.5 Å². The van der Waals surface area contributed by atoms with Crippen LogP contribution in [0.15, 0.2) is 24.3 Å². The molecule has 15 heavy (non-hydrogen) atoms. The summed E-state index contributed by atoms with van der Waals surface area (Å²) in [6, 6.07) is 7.81. The van der Waals surface area contributed by atoms with Crippen LogP contribution in [0.4, 0.5) is 0 Å². The van der Waals surface area contributed by atoms with Crippen LogP contribution in [-0.2, 0) is 11.3 Å². The Hall–Kier alpha value is -1.46. The normalized spacial score (nSPS) is 11.8. The largest absolute Gasteiger partial charge is 0.497 e. The van der Waals surface area contributed by atoms with Crippen molar-refractivity contribution in [3.8, 4) is 18.1 Å². The average Bonchev–Trinajstić information content (AvgIpc) is 2.29. The van der Waals surface area contributed by atoms with Crippen molar-refractivity contribution in [3.05, 3.63) is 29.8 Å². The molecule has 2 nitrogen and oxygen atoms in total. The molecular weight excluding hydrogens is 188 g/mol.